The van der Waals surface area contributed by atoms with E-state index in [0.29, 0.717) is 37.4 Å². The highest BCUT2D eigenvalue weighted by Gasteiger charge is 2.32. The molecule has 1 saturated heterocycles. The molecule has 0 bridgehead atoms. The summed E-state index contributed by atoms with van der Waals surface area (Å²) in [4.78, 5) is 43.7. The third-order valence-corrected chi connectivity index (χ3v) is 3.79. The van der Waals surface area contributed by atoms with Crippen molar-refractivity contribution < 1.29 is 14.3 Å². The van der Waals surface area contributed by atoms with Gasteiger partial charge in [0, 0.05) is 31.3 Å². The first kappa shape index (κ1) is 17.0. The van der Waals surface area contributed by atoms with Gasteiger partial charge in [0.2, 0.25) is 5.91 Å². The molecule has 1 atom stereocenters. The Morgan fingerprint density at radius 2 is 2.26 bits per heavy atom. The number of aromatic nitrogens is 2. The number of piperidine rings is 1. The van der Waals surface area contributed by atoms with Gasteiger partial charge in [-0.1, -0.05) is 0 Å². The van der Waals surface area contributed by atoms with E-state index in [1.54, 1.807) is 6.92 Å². The quantitative estimate of drug-likeness (QED) is 0.833. The lowest BCUT2D eigenvalue weighted by molar-refractivity contribution is -0.126. The lowest BCUT2D eigenvalue weighted by atomic mass is 10.0. The zero-order chi connectivity index (χ0) is 16.8. The van der Waals surface area contributed by atoms with E-state index in [4.69, 9.17) is 4.74 Å². The summed E-state index contributed by atoms with van der Waals surface area (Å²) in [6, 6.07) is 0.916. The molecule has 0 spiro atoms. The van der Waals surface area contributed by atoms with Gasteiger partial charge in [-0.2, -0.15) is 0 Å². The molecule has 8 nitrogen and oxygen atoms in total. The first-order chi connectivity index (χ1) is 11.0. The zero-order valence-corrected chi connectivity index (χ0v) is 13.4. The van der Waals surface area contributed by atoms with Crippen molar-refractivity contribution in [1.82, 2.24) is 20.2 Å². The molecule has 2 N–H and O–H groups in total. The summed E-state index contributed by atoms with van der Waals surface area (Å²) in [6.07, 6.45) is 2.34. The van der Waals surface area contributed by atoms with E-state index in [1.807, 2.05) is 0 Å². The second kappa shape index (κ2) is 7.75. The molecule has 2 rings (SSSR count). The van der Waals surface area contributed by atoms with Crippen molar-refractivity contribution in [1.29, 1.82) is 0 Å². The van der Waals surface area contributed by atoms with Crippen LogP contribution in [0.2, 0.25) is 0 Å². The second-order valence-electron chi connectivity index (χ2n) is 5.55. The third-order valence-electron chi connectivity index (χ3n) is 3.79. The summed E-state index contributed by atoms with van der Waals surface area (Å²) in [7, 11) is 1.31. The Hall–Kier alpha value is -2.38. The van der Waals surface area contributed by atoms with Crippen LogP contribution in [-0.2, 0) is 16.0 Å². The van der Waals surface area contributed by atoms with E-state index in [2.05, 4.69) is 15.3 Å². The van der Waals surface area contributed by atoms with Gasteiger partial charge in [-0.25, -0.2) is 9.78 Å². The van der Waals surface area contributed by atoms with Gasteiger partial charge in [-0.3, -0.25) is 14.5 Å². The van der Waals surface area contributed by atoms with E-state index in [0.717, 1.165) is 12.8 Å². The van der Waals surface area contributed by atoms with E-state index >= 15 is 0 Å². The molecule has 126 valence electrons. The van der Waals surface area contributed by atoms with E-state index in [1.165, 1.54) is 18.1 Å². The maximum atomic E-state index is 12.3. The van der Waals surface area contributed by atoms with Crippen molar-refractivity contribution in [3.8, 4) is 0 Å². The molecule has 1 aliphatic rings. The SMILES string of the molecule is COC(=O)N1CCCCC1C(=O)NCCc1nc(C)cc(=O)[nH]1. The molecular formula is C15H22N4O4. The number of ether oxygens (including phenoxy) is 1. The van der Waals surface area contributed by atoms with E-state index in [9.17, 15) is 14.4 Å². The minimum absolute atomic E-state index is 0.204. The average molecular weight is 322 g/mol. The number of nitrogens with one attached hydrogen (secondary N) is 2. The fourth-order valence-electron chi connectivity index (χ4n) is 2.72. The number of amides is 2. The maximum Gasteiger partial charge on any atom is 0.410 e. The van der Waals surface area contributed by atoms with Crippen molar-refractivity contribution in [2.45, 2.75) is 38.6 Å². The Labute approximate surface area is 134 Å². The number of hydrogen-bond donors (Lipinski definition) is 2. The normalized spacial score (nSPS) is 17.7. The highest BCUT2D eigenvalue weighted by molar-refractivity contribution is 5.85. The highest BCUT2D eigenvalue weighted by Crippen LogP contribution is 2.18. The van der Waals surface area contributed by atoms with Gasteiger partial charge in [-0.15, -0.1) is 0 Å². The van der Waals surface area contributed by atoms with Crippen LogP contribution in [-0.4, -0.2) is 53.1 Å². The Morgan fingerprint density at radius 3 is 2.96 bits per heavy atom. The van der Waals surface area contributed by atoms with Gasteiger partial charge in [-0.05, 0) is 26.2 Å². The molecule has 0 aromatic carbocycles. The van der Waals surface area contributed by atoms with Crippen molar-refractivity contribution in [2.24, 2.45) is 0 Å². The smallest absolute Gasteiger partial charge is 0.410 e. The molecule has 23 heavy (non-hydrogen) atoms. The molecule has 0 saturated carbocycles. The second-order valence-corrected chi connectivity index (χ2v) is 5.55. The lowest BCUT2D eigenvalue weighted by Crippen LogP contribution is -2.52. The van der Waals surface area contributed by atoms with Gasteiger partial charge in [0.15, 0.2) is 0 Å². The molecule has 1 unspecified atom stereocenters. The van der Waals surface area contributed by atoms with E-state index < -0.39 is 12.1 Å². The number of carbonyl (C=O) groups excluding carboxylic acids is 2. The topological polar surface area (TPSA) is 104 Å². The van der Waals surface area contributed by atoms with Crippen LogP contribution in [0.15, 0.2) is 10.9 Å². The zero-order valence-electron chi connectivity index (χ0n) is 13.4. The molecule has 0 aliphatic carbocycles. The van der Waals surface area contributed by atoms with Crippen LogP contribution < -0.4 is 10.9 Å². The van der Waals surface area contributed by atoms with Crippen molar-refractivity contribution in [3.63, 3.8) is 0 Å². The van der Waals surface area contributed by atoms with Crippen LogP contribution >= 0.6 is 0 Å². The Kier molecular flexibility index (Phi) is 5.72. The molecule has 1 aromatic heterocycles. The summed E-state index contributed by atoms with van der Waals surface area (Å²) < 4.78 is 4.73. The number of nitrogens with zero attached hydrogens (tertiary/aromatic N) is 2. The largest absolute Gasteiger partial charge is 0.453 e. The monoisotopic (exact) mass is 322 g/mol. The summed E-state index contributed by atoms with van der Waals surface area (Å²) in [5.41, 5.74) is 0.433. The van der Waals surface area contributed by atoms with Crippen LogP contribution in [0.1, 0.15) is 30.8 Å². The van der Waals surface area contributed by atoms with Crippen LogP contribution in [0.3, 0.4) is 0 Å². The lowest BCUT2D eigenvalue weighted by Gasteiger charge is -2.33. The number of carbonyl (C=O) groups is 2. The van der Waals surface area contributed by atoms with Crippen molar-refractivity contribution in [2.75, 3.05) is 20.2 Å². The number of aromatic amines is 1. The number of H-pyrrole nitrogens is 1. The summed E-state index contributed by atoms with van der Waals surface area (Å²) in [5.74, 6) is 0.328. The maximum absolute atomic E-state index is 12.3. The molecule has 0 radical (unpaired) electrons. The van der Waals surface area contributed by atoms with Gasteiger partial charge in [0.1, 0.15) is 11.9 Å². The molecular weight excluding hydrogens is 300 g/mol. The predicted molar refractivity (Wildman–Crippen MR) is 83.1 cm³/mol. The fraction of sp³-hybridized carbons (Fsp3) is 0.600. The molecule has 1 aromatic rings. The minimum atomic E-state index is -0.499. The summed E-state index contributed by atoms with van der Waals surface area (Å²) in [6.45, 7) is 2.61. The Bertz CT molecular complexity index is 628. The molecule has 2 heterocycles. The van der Waals surface area contributed by atoms with Crippen LogP contribution in [0, 0.1) is 6.92 Å². The Morgan fingerprint density at radius 1 is 1.48 bits per heavy atom. The van der Waals surface area contributed by atoms with Crippen molar-refractivity contribution in [3.05, 3.63) is 27.9 Å². The highest BCUT2D eigenvalue weighted by atomic mass is 16.5. The van der Waals surface area contributed by atoms with Gasteiger partial charge in [0.05, 0.1) is 7.11 Å². The molecule has 8 heteroatoms. The molecule has 2 amide bonds. The Balaban J connectivity index is 1.90. The van der Waals surface area contributed by atoms with Gasteiger partial charge in [0.25, 0.3) is 5.56 Å². The predicted octanol–water partition coefficient (Wildman–Crippen LogP) is 0.358. The van der Waals surface area contributed by atoms with Crippen LogP contribution in [0.5, 0.6) is 0 Å². The minimum Gasteiger partial charge on any atom is -0.453 e. The summed E-state index contributed by atoms with van der Waals surface area (Å²) in [5, 5.41) is 2.80. The number of likely N-dealkylation sites (tertiary alicyclic amines) is 1. The number of rotatable bonds is 4. The first-order valence-electron chi connectivity index (χ1n) is 7.70. The standard InChI is InChI=1S/C15H22N4O4/c1-10-9-13(20)18-12(17-10)6-7-16-14(21)11-5-3-4-8-19(11)15(22)23-2/h9,11H,3-8H2,1-2H3,(H,16,21)(H,17,18,20). The number of aryl methyl sites for hydroxylation is 1. The van der Waals surface area contributed by atoms with E-state index in [-0.39, 0.29) is 11.5 Å². The van der Waals surface area contributed by atoms with Crippen LogP contribution in [0.25, 0.3) is 0 Å². The first-order valence-corrected chi connectivity index (χ1v) is 7.70. The van der Waals surface area contributed by atoms with Crippen molar-refractivity contribution >= 4 is 12.0 Å². The van der Waals surface area contributed by atoms with Gasteiger partial charge >= 0.3 is 6.09 Å². The van der Waals surface area contributed by atoms with Crippen LogP contribution in [0.4, 0.5) is 4.79 Å². The fourth-order valence-corrected chi connectivity index (χ4v) is 2.72. The van der Waals surface area contributed by atoms with Gasteiger partial charge < -0.3 is 15.0 Å². The number of hydrogen-bond acceptors (Lipinski definition) is 5. The molecule has 1 aliphatic heterocycles. The third kappa shape index (κ3) is 4.54. The summed E-state index contributed by atoms with van der Waals surface area (Å²) >= 11 is 0. The molecule has 1 fully saturated rings. The average Bonchev–Trinajstić information content (AvgIpc) is 2.53. The number of methoxy groups -OCH3 is 1.